The highest BCUT2D eigenvalue weighted by molar-refractivity contribution is 5.94. The number of fused-ring (bicyclic) bond motifs is 1. The summed E-state index contributed by atoms with van der Waals surface area (Å²) in [6.07, 6.45) is 4.22. The number of nitrogens with one attached hydrogen (secondary N) is 1. The second-order valence-electron chi connectivity index (χ2n) is 8.68. The molecule has 0 spiro atoms. The zero-order valence-corrected chi connectivity index (χ0v) is 19.4. The molecule has 32 heavy (non-hydrogen) atoms. The van der Waals surface area contributed by atoms with E-state index in [-0.39, 0.29) is 5.91 Å². The van der Waals surface area contributed by atoms with Gasteiger partial charge in [-0.25, -0.2) is 0 Å². The number of hydrogen-bond donors (Lipinski definition) is 1. The van der Waals surface area contributed by atoms with Gasteiger partial charge in [-0.3, -0.25) is 4.79 Å². The summed E-state index contributed by atoms with van der Waals surface area (Å²) in [5.41, 5.74) is 7.04. The molecule has 1 atom stereocenters. The van der Waals surface area contributed by atoms with Crippen molar-refractivity contribution in [2.24, 2.45) is 5.92 Å². The lowest BCUT2D eigenvalue weighted by Gasteiger charge is -2.21. The molecule has 3 aromatic rings. The van der Waals surface area contributed by atoms with Gasteiger partial charge < -0.3 is 19.4 Å². The highest BCUT2D eigenvalue weighted by Crippen LogP contribution is 2.31. The van der Waals surface area contributed by atoms with E-state index in [4.69, 9.17) is 9.47 Å². The summed E-state index contributed by atoms with van der Waals surface area (Å²) < 4.78 is 13.0. The van der Waals surface area contributed by atoms with Gasteiger partial charge in [0, 0.05) is 29.2 Å². The van der Waals surface area contributed by atoms with Crippen molar-refractivity contribution in [3.63, 3.8) is 0 Å². The van der Waals surface area contributed by atoms with Crippen molar-refractivity contribution < 1.29 is 14.3 Å². The number of nitrogens with zero attached hydrogens (tertiary/aromatic N) is 1. The fourth-order valence-electron chi connectivity index (χ4n) is 4.65. The molecule has 1 heterocycles. The third kappa shape index (κ3) is 4.52. The number of carbonyl (C=O) groups is 1. The van der Waals surface area contributed by atoms with Crippen LogP contribution in [0.2, 0.25) is 0 Å². The number of amides is 1. The summed E-state index contributed by atoms with van der Waals surface area (Å²) in [5.74, 6) is 2.10. The molecule has 5 nitrogen and oxygen atoms in total. The minimum Gasteiger partial charge on any atom is -0.493 e. The standard InChI is InChI=1S/C27H32N2O3/c1-18-5-11-24-22(15-18)16-19(2)29(24)23-9-7-21(8-10-23)27(30)28-14-13-20-6-12-25(31-3)26(17-20)32-4/h6-10,12,16-18H,5,11,13-15H2,1-4H3,(H,28,30)/t18-/m0/s1. The molecule has 0 radical (unpaired) electrons. The Morgan fingerprint density at radius 3 is 2.53 bits per heavy atom. The van der Waals surface area contributed by atoms with E-state index in [0.717, 1.165) is 36.4 Å². The van der Waals surface area contributed by atoms with Gasteiger partial charge in [0.05, 0.1) is 14.2 Å². The molecule has 0 bridgehead atoms. The minimum atomic E-state index is -0.0582. The third-order valence-electron chi connectivity index (χ3n) is 6.35. The van der Waals surface area contributed by atoms with Gasteiger partial charge in [0.15, 0.2) is 11.5 Å². The molecule has 1 N–H and O–H groups in total. The number of benzene rings is 2. The highest BCUT2D eigenvalue weighted by atomic mass is 16.5. The molecule has 0 unspecified atom stereocenters. The van der Waals surface area contributed by atoms with Crippen LogP contribution in [0.4, 0.5) is 0 Å². The molecule has 5 heteroatoms. The molecular weight excluding hydrogens is 400 g/mol. The minimum absolute atomic E-state index is 0.0582. The summed E-state index contributed by atoms with van der Waals surface area (Å²) in [6.45, 7) is 5.05. The van der Waals surface area contributed by atoms with Crippen LogP contribution in [-0.2, 0) is 19.3 Å². The van der Waals surface area contributed by atoms with Crippen molar-refractivity contribution >= 4 is 5.91 Å². The van der Waals surface area contributed by atoms with Gasteiger partial charge >= 0.3 is 0 Å². The van der Waals surface area contributed by atoms with Gasteiger partial charge in [-0.15, -0.1) is 0 Å². The van der Waals surface area contributed by atoms with E-state index in [1.54, 1.807) is 14.2 Å². The number of aryl methyl sites for hydroxylation is 1. The van der Waals surface area contributed by atoms with Crippen LogP contribution in [0.5, 0.6) is 11.5 Å². The molecule has 1 aliphatic carbocycles. The average molecular weight is 433 g/mol. The summed E-state index contributed by atoms with van der Waals surface area (Å²) in [6, 6.07) is 16.1. The number of aromatic nitrogens is 1. The van der Waals surface area contributed by atoms with E-state index < -0.39 is 0 Å². The van der Waals surface area contributed by atoms with Crippen LogP contribution >= 0.6 is 0 Å². The van der Waals surface area contributed by atoms with E-state index in [1.165, 1.54) is 23.4 Å². The first kappa shape index (κ1) is 22.0. The molecule has 0 saturated heterocycles. The van der Waals surface area contributed by atoms with Gasteiger partial charge in [-0.05, 0) is 92.1 Å². The van der Waals surface area contributed by atoms with Crippen molar-refractivity contribution in [3.05, 3.63) is 76.6 Å². The molecule has 0 fully saturated rings. The van der Waals surface area contributed by atoms with Gasteiger partial charge in [0.2, 0.25) is 0 Å². The smallest absolute Gasteiger partial charge is 0.251 e. The number of methoxy groups -OCH3 is 2. The van der Waals surface area contributed by atoms with Gasteiger partial charge in [0.25, 0.3) is 5.91 Å². The number of carbonyl (C=O) groups excluding carboxylic acids is 1. The van der Waals surface area contributed by atoms with E-state index >= 15 is 0 Å². The molecule has 1 aliphatic rings. The largest absolute Gasteiger partial charge is 0.493 e. The Bertz CT molecular complexity index is 1100. The Hall–Kier alpha value is -3.21. The fraction of sp³-hybridized carbons (Fsp3) is 0.370. The van der Waals surface area contributed by atoms with E-state index in [9.17, 15) is 4.79 Å². The Labute approximate surface area is 190 Å². The van der Waals surface area contributed by atoms with Crippen molar-refractivity contribution in [3.8, 4) is 17.2 Å². The Morgan fingerprint density at radius 1 is 1.06 bits per heavy atom. The second-order valence-corrected chi connectivity index (χ2v) is 8.68. The lowest BCUT2D eigenvalue weighted by molar-refractivity contribution is 0.0954. The molecule has 0 saturated carbocycles. The average Bonchev–Trinajstić information content (AvgIpc) is 3.13. The maximum absolute atomic E-state index is 12.6. The Morgan fingerprint density at radius 2 is 1.81 bits per heavy atom. The topological polar surface area (TPSA) is 52.5 Å². The van der Waals surface area contributed by atoms with Crippen LogP contribution in [0.3, 0.4) is 0 Å². The van der Waals surface area contributed by atoms with E-state index in [0.29, 0.717) is 23.6 Å². The molecule has 1 amide bonds. The SMILES string of the molecule is COc1ccc(CCNC(=O)c2ccc(-n3c(C)cc4c3CC[C@H](C)C4)cc2)cc1OC. The Balaban J connectivity index is 1.39. The summed E-state index contributed by atoms with van der Waals surface area (Å²) >= 11 is 0. The highest BCUT2D eigenvalue weighted by Gasteiger charge is 2.21. The van der Waals surface area contributed by atoms with Crippen LogP contribution in [0.15, 0.2) is 48.5 Å². The first-order valence-corrected chi connectivity index (χ1v) is 11.3. The summed E-state index contributed by atoms with van der Waals surface area (Å²) in [4.78, 5) is 12.6. The lowest BCUT2D eigenvalue weighted by atomic mass is 9.89. The number of ether oxygens (including phenoxy) is 2. The van der Waals surface area contributed by atoms with Crippen LogP contribution in [0.25, 0.3) is 5.69 Å². The molecule has 168 valence electrons. The van der Waals surface area contributed by atoms with Crippen LogP contribution in [0, 0.1) is 12.8 Å². The molecular formula is C27H32N2O3. The van der Waals surface area contributed by atoms with Crippen molar-refractivity contribution in [1.82, 2.24) is 9.88 Å². The lowest BCUT2D eigenvalue weighted by Crippen LogP contribution is -2.25. The fourth-order valence-corrected chi connectivity index (χ4v) is 4.65. The monoisotopic (exact) mass is 432 g/mol. The third-order valence-corrected chi connectivity index (χ3v) is 6.35. The van der Waals surface area contributed by atoms with E-state index in [1.807, 2.05) is 30.3 Å². The van der Waals surface area contributed by atoms with Crippen LogP contribution < -0.4 is 14.8 Å². The van der Waals surface area contributed by atoms with Crippen LogP contribution in [0.1, 0.15) is 46.2 Å². The molecule has 0 aliphatic heterocycles. The second kappa shape index (κ2) is 9.51. The number of rotatable bonds is 7. The number of hydrogen-bond acceptors (Lipinski definition) is 3. The maximum Gasteiger partial charge on any atom is 0.251 e. The van der Waals surface area contributed by atoms with E-state index in [2.05, 4.69) is 41.9 Å². The predicted molar refractivity (Wildman–Crippen MR) is 127 cm³/mol. The van der Waals surface area contributed by atoms with Gasteiger partial charge in [0.1, 0.15) is 0 Å². The Kier molecular flexibility index (Phi) is 6.54. The predicted octanol–water partition coefficient (Wildman–Crippen LogP) is 4.90. The molecule has 1 aromatic heterocycles. The van der Waals surface area contributed by atoms with Crippen LogP contribution in [-0.4, -0.2) is 31.2 Å². The van der Waals surface area contributed by atoms with Gasteiger partial charge in [-0.2, -0.15) is 0 Å². The zero-order valence-electron chi connectivity index (χ0n) is 19.4. The van der Waals surface area contributed by atoms with Crippen molar-refractivity contribution in [2.75, 3.05) is 20.8 Å². The first-order valence-electron chi connectivity index (χ1n) is 11.3. The quantitative estimate of drug-likeness (QED) is 0.578. The van der Waals surface area contributed by atoms with Gasteiger partial charge in [-0.1, -0.05) is 13.0 Å². The normalized spacial score (nSPS) is 15.2. The van der Waals surface area contributed by atoms with Crippen molar-refractivity contribution in [1.29, 1.82) is 0 Å². The summed E-state index contributed by atoms with van der Waals surface area (Å²) in [7, 11) is 3.24. The summed E-state index contributed by atoms with van der Waals surface area (Å²) in [5, 5.41) is 3.02. The maximum atomic E-state index is 12.6. The van der Waals surface area contributed by atoms with Crippen molar-refractivity contribution in [2.45, 2.75) is 39.5 Å². The molecule has 4 rings (SSSR count). The zero-order chi connectivity index (χ0) is 22.7. The first-order chi connectivity index (χ1) is 15.5. The molecule has 2 aromatic carbocycles.